The molecule has 0 spiro atoms. The summed E-state index contributed by atoms with van der Waals surface area (Å²) in [5.74, 6) is 0.107. The number of carbonyl (C=O) groups excluding carboxylic acids is 1. The Kier molecular flexibility index (Phi) is 5.28. The average molecular weight is 340 g/mol. The molecule has 1 aromatic carbocycles. The van der Waals surface area contributed by atoms with Crippen LogP contribution in [0.5, 0.6) is 0 Å². The van der Waals surface area contributed by atoms with Crippen molar-refractivity contribution >= 4 is 5.91 Å². The SMILES string of the molecule is Cc1cc(C(=O)N2CCCC2CC(C)O)c(C)n1Cc1ccccc1. The number of amides is 1. The van der Waals surface area contributed by atoms with Crippen LogP contribution in [0.1, 0.15) is 53.5 Å². The third-order valence-corrected chi connectivity index (χ3v) is 5.24. The topological polar surface area (TPSA) is 45.5 Å². The second kappa shape index (κ2) is 7.44. The van der Waals surface area contributed by atoms with Gasteiger partial charge in [-0.15, -0.1) is 0 Å². The van der Waals surface area contributed by atoms with Crippen LogP contribution in [0.25, 0.3) is 0 Å². The van der Waals surface area contributed by atoms with E-state index in [-0.39, 0.29) is 18.1 Å². The number of rotatable bonds is 5. The number of nitrogens with zero attached hydrogens (tertiary/aromatic N) is 2. The van der Waals surface area contributed by atoms with E-state index < -0.39 is 0 Å². The first-order chi connectivity index (χ1) is 12.0. The number of aliphatic hydroxyl groups excluding tert-OH is 1. The summed E-state index contributed by atoms with van der Waals surface area (Å²) in [5, 5.41) is 9.71. The molecule has 0 radical (unpaired) electrons. The van der Waals surface area contributed by atoms with E-state index in [0.717, 1.165) is 42.9 Å². The average Bonchev–Trinajstić information content (AvgIpc) is 3.14. The monoisotopic (exact) mass is 340 g/mol. The van der Waals surface area contributed by atoms with E-state index in [1.165, 1.54) is 5.56 Å². The van der Waals surface area contributed by atoms with Gasteiger partial charge in [0, 0.05) is 30.5 Å². The highest BCUT2D eigenvalue weighted by Crippen LogP contribution is 2.26. The van der Waals surface area contributed by atoms with Crippen molar-refractivity contribution in [2.75, 3.05) is 6.54 Å². The number of likely N-dealkylation sites (tertiary alicyclic amines) is 1. The number of carbonyl (C=O) groups is 1. The van der Waals surface area contributed by atoms with E-state index in [1.807, 2.05) is 36.1 Å². The summed E-state index contributed by atoms with van der Waals surface area (Å²) in [6, 6.07) is 12.5. The van der Waals surface area contributed by atoms with E-state index in [1.54, 1.807) is 6.92 Å². The molecule has 0 bridgehead atoms. The Morgan fingerprint density at radius 3 is 2.68 bits per heavy atom. The molecule has 1 fully saturated rings. The molecule has 1 N–H and O–H groups in total. The summed E-state index contributed by atoms with van der Waals surface area (Å²) < 4.78 is 2.21. The number of hydrogen-bond acceptors (Lipinski definition) is 2. The zero-order chi connectivity index (χ0) is 18.0. The van der Waals surface area contributed by atoms with Crippen molar-refractivity contribution in [1.29, 1.82) is 0 Å². The first-order valence-corrected chi connectivity index (χ1v) is 9.17. The normalized spacial score (nSPS) is 18.6. The lowest BCUT2D eigenvalue weighted by atomic mass is 10.1. The lowest BCUT2D eigenvalue weighted by Gasteiger charge is -2.25. The molecule has 2 heterocycles. The van der Waals surface area contributed by atoms with E-state index in [4.69, 9.17) is 0 Å². The van der Waals surface area contributed by atoms with Crippen LogP contribution < -0.4 is 0 Å². The molecule has 1 aliphatic heterocycles. The quantitative estimate of drug-likeness (QED) is 0.905. The molecule has 134 valence electrons. The van der Waals surface area contributed by atoms with Crippen LogP contribution in [0.3, 0.4) is 0 Å². The highest BCUT2D eigenvalue weighted by Gasteiger charge is 2.31. The van der Waals surface area contributed by atoms with E-state index in [9.17, 15) is 9.90 Å². The van der Waals surface area contributed by atoms with Crippen LogP contribution in [-0.2, 0) is 6.54 Å². The molecule has 1 saturated heterocycles. The largest absolute Gasteiger partial charge is 0.393 e. The van der Waals surface area contributed by atoms with Gasteiger partial charge in [-0.05, 0) is 51.7 Å². The Morgan fingerprint density at radius 2 is 2.00 bits per heavy atom. The number of aliphatic hydroxyl groups is 1. The molecule has 4 nitrogen and oxygen atoms in total. The highest BCUT2D eigenvalue weighted by molar-refractivity contribution is 5.96. The summed E-state index contributed by atoms with van der Waals surface area (Å²) in [5.41, 5.74) is 4.16. The van der Waals surface area contributed by atoms with Gasteiger partial charge in [0.25, 0.3) is 5.91 Å². The van der Waals surface area contributed by atoms with Crippen LogP contribution in [0.4, 0.5) is 0 Å². The maximum Gasteiger partial charge on any atom is 0.255 e. The minimum Gasteiger partial charge on any atom is -0.393 e. The first-order valence-electron chi connectivity index (χ1n) is 9.17. The van der Waals surface area contributed by atoms with Crippen molar-refractivity contribution in [1.82, 2.24) is 9.47 Å². The Hall–Kier alpha value is -2.07. The Bertz CT molecular complexity index is 734. The van der Waals surface area contributed by atoms with Crippen LogP contribution in [0.2, 0.25) is 0 Å². The summed E-state index contributed by atoms with van der Waals surface area (Å²) >= 11 is 0. The molecular weight excluding hydrogens is 312 g/mol. The molecule has 1 aliphatic rings. The third kappa shape index (κ3) is 3.79. The van der Waals surface area contributed by atoms with Gasteiger partial charge in [-0.3, -0.25) is 4.79 Å². The number of hydrogen-bond donors (Lipinski definition) is 1. The second-order valence-electron chi connectivity index (χ2n) is 7.24. The summed E-state index contributed by atoms with van der Waals surface area (Å²) in [6.07, 6.45) is 2.30. The first kappa shape index (κ1) is 17.7. The van der Waals surface area contributed by atoms with E-state index >= 15 is 0 Å². The Labute approximate surface area is 150 Å². The standard InChI is InChI=1S/C21H28N2O2/c1-15-12-20(17(3)23(15)14-18-8-5-4-6-9-18)21(25)22-11-7-10-19(22)13-16(2)24/h4-6,8-9,12,16,19,24H,7,10-11,13-14H2,1-3H3. The summed E-state index contributed by atoms with van der Waals surface area (Å²) in [4.78, 5) is 15.1. The van der Waals surface area contributed by atoms with E-state index in [0.29, 0.717) is 6.42 Å². The van der Waals surface area contributed by atoms with Crippen LogP contribution in [0, 0.1) is 13.8 Å². The molecule has 0 saturated carbocycles. The zero-order valence-corrected chi connectivity index (χ0v) is 15.4. The lowest BCUT2D eigenvalue weighted by Crippen LogP contribution is -2.37. The molecule has 0 aliphatic carbocycles. The minimum atomic E-state index is -0.371. The van der Waals surface area contributed by atoms with Crippen molar-refractivity contribution in [3.05, 3.63) is 58.9 Å². The molecule has 3 rings (SSSR count). The van der Waals surface area contributed by atoms with Crippen LogP contribution in [0.15, 0.2) is 36.4 Å². The molecule has 4 heteroatoms. The molecule has 2 atom stereocenters. The van der Waals surface area contributed by atoms with Crippen LogP contribution >= 0.6 is 0 Å². The number of benzene rings is 1. The molecule has 1 amide bonds. The van der Waals surface area contributed by atoms with Gasteiger partial charge in [0.15, 0.2) is 0 Å². The summed E-state index contributed by atoms with van der Waals surface area (Å²) in [6.45, 7) is 7.46. The van der Waals surface area contributed by atoms with Crippen molar-refractivity contribution in [2.45, 2.75) is 58.7 Å². The van der Waals surface area contributed by atoms with Gasteiger partial charge < -0.3 is 14.6 Å². The van der Waals surface area contributed by atoms with Gasteiger partial charge in [-0.2, -0.15) is 0 Å². The predicted molar refractivity (Wildman–Crippen MR) is 99.8 cm³/mol. The third-order valence-electron chi connectivity index (χ3n) is 5.24. The zero-order valence-electron chi connectivity index (χ0n) is 15.4. The fraction of sp³-hybridized carbons (Fsp3) is 0.476. The van der Waals surface area contributed by atoms with Gasteiger partial charge >= 0.3 is 0 Å². The Morgan fingerprint density at radius 1 is 1.28 bits per heavy atom. The van der Waals surface area contributed by atoms with Gasteiger partial charge in [0.2, 0.25) is 0 Å². The molecule has 2 unspecified atom stereocenters. The fourth-order valence-corrected chi connectivity index (χ4v) is 3.92. The lowest BCUT2D eigenvalue weighted by molar-refractivity contribution is 0.0681. The maximum atomic E-state index is 13.1. The molecular formula is C21H28N2O2. The molecule has 1 aromatic heterocycles. The second-order valence-corrected chi connectivity index (χ2v) is 7.24. The van der Waals surface area contributed by atoms with Crippen molar-refractivity contribution in [3.63, 3.8) is 0 Å². The fourth-order valence-electron chi connectivity index (χ4n) is 3.92. The summed E-state index contributed by atoms with van der Waals surface area (Å²) in [7, 11) is 0. The van der Waals surface area contributed by atoms with Gasteiger partial charge in [-0.1, -0.05) is 30.3 Å². The van der Waals surface area contributed by atoms with E-state index in [2.05, 4.69) is 23.6 Å². The Balaban J connectivity index is 1.83. The van der Waals surface area contributed by atoms with Gasteiger partial charge in [-0.25, -0.2) is 0 Å². The highest BCUT2D eigenvalue weighted by atomic mass is 16.3. The predicted octanol–water partition coefficient (Wildman–Crippen LogP) is 3.53. The van der Waals surface area contributed by atoms with Crippen molar-refractivity contribution in [3.8, 4) is 0 Å². The van der Waals surface area contributed by atoms with Gasteiger partial charge in [0.05, 0.1) is 11.7 Å². The number of aryl methyl sites for hydroxylation is 1. The van der Waals surface area contributed by atoms with Crippen molar-refractivity contribution < 1.29 is 9.90 Å². The van der Waals surface area contributed by atoms with Gasteiger partial charge in [0.1, 0.15) is 0 Å². The number of aromatic nitrogens is 1. The molecule has 2 aromatic rings. The molecule has 25 heavy (non-hydrogen) atoms. The smallest absolute Gasteiger partial charge is 0.255 e. The van der Waals surface area contributed by atoms with Crippen molar-refractivity contribution in [2.24, 2.45) is 0 Å². The minimum absolute atomic E-state index is 0.107. The van der Waals surface area contributed by atoms with Crippen LogP contribution in [-0.4, -0.2) is 39.2 Å². The maximum absolute atomic E-state index is 13.1.